The molecule has 1 fully saturated rings. The average Bonchev–Trinajstić information content (AvgIpc) is 2.63. The molecule has 1 unspecified atom stereocenters. The van der Waals surface area contributed by atoms with E-state index in [4.69, 9.17) is 0 Å². The number of hydrogen-bond donors (Lipinski definition) is 1. The molecule has 1 aliphatic rings. The number of hydrogen-bond acceptors (Lipinski definition) is 1. The maximum atomic E-state index is 13.4. The molecule has 100 valence electrons. The molecule has 0 aromatic heterocycles. The Labute approximate surface area is 117 Å². The van der Waals surface area contributed by atoms with E-state index in [0.717, 1.165) is 29.4 Å². The van der Waals surface area contributed by atoms with Gasteiger partial charge in [-0.2, -0.15) is 0 Å². The van der Waals surface area contributed by atoms with Crippen LogP contribution in [0, 0.1) is 11.7 Å². The summed E-state index contributed by atoms with van der Waals surface area (Å²) in [5.41, 5.74) is 1.25. The largest absolute Gasteiger partial charge is 0.311 e. The van der Waals surface area contributed by atoms with E-state index in [0.29, 0.717) is 5.92 Å². The zero-order chi connectivity index (χ0) is 13.2. The standard InChI is InChI=1S/C15H21BrFN/c1-11(2)9-15(4-3-5-18-15)10-12-6-13(16)8-14(17)7-12/h6-8,11,18H,3-5,9-10H2,1-2H3. The Morgan fingerprint density at radius 1 is 1.39 bits per heavy atom. The van der Waals surface area contributed by atoms with Gasteiger partial charge in [-0.05, 0) is 61.9 Å². The summed E-state index contributed by atoms with van der Waals surface area (Å²) in [7, 11) is 0. The van der Waals surface area contributed by atoms with Crippen molar-refractivity contribution in [1.82, 2.24) is 5.32 Å². The van der Waals surface area contributed by atoms with Gasteiger partial charge in [-0.25, -0.2) is 4.39 Å². The Kier molecular flexibility index (Phi) is 4.44. The van der Waals surface area contributed by atoms with Crippen LogP contribution in [0.3, 0.4) is 0 Å². The third-order valence-electron chi connectivity index (χ3n) is 3.60. The van der Waals surface area contributed by atoms with E-state index in [1.165, 1.54) is 18.9 Å². The summed E-state index contributed by atoms with van der Waals surface area (Å²) < 4.78 is 14.3. The Hall–Kier alpha value is -0.410. The molecule has 1 aromatic carbocycles. The monoisotopic (exact) mass is 313 g/mol. The van der Waals surface area contributed by atoms with Gasteiger partial charge in [0.15, 0.2) is 0 Å². The van der Waals surface area contributed by atoms with Gasteiger partial charge < -0.3 is 5.32 Å². The van der Waals surface area contributed by atoms with Crippen molar-refractivity contribution in [3.8, 4) is 0 Å². The van der Waals surface area contributed by atoms with E-state index in [2.05, 4.69) is 35.1 Å². The second-order valence-corrected chi connectivity index (χ2v) is 6.78. The first-order valence-electron chi connectivity index (χ1n) is 6.69. The quantitative estimate of drug-likeness (QED) is 0.874. The van der Waals surface area contributed by atoms with Crippen LogP contribution in [0.1, 0.15) is 38.7 Å². The van der Waals surface area contributed by atoms with Crippen LogP contribution in [0.5, 0.6) is 0 Å². The summed E-state index contributed by atoms with van der Waals surface area (Å²) in [6.07, 6.45) is 4.49. The van der Waals surface area contributed by atoms with E-state index in [9.17, 15) is 4.39 Å². The number of nitrogens with one attached hydrogen (secondary N) is 1. The van der Waals surface area contributed by atoms with Crippen molar-refractivity contribution in [2.75, 3.05) is 6.54 Å². The topological polar surface area (TPSA) is 12.0 Å². The molecular weight excluding hydrogens is 293 g/mol. The first kappa shape index (κ1) is 14.0. The zero-order valence-electron chi connectivity index (χ0n) is 11.1. The summed E-state index contributed by atoms with van der Waals surface area (Å²) >= 11 is 3.37. The highest BCUT2D eigenvalue weighted by Crippen LogP contribution is 2.31. The molecule has 0 bridgehead atoms. The van der Waals surface area contributed by atoms with Crippen LogP contribution in [-0.2, 0) is 6.42 Å². The predicted octanol–water partition coefficient (Wildman–Crippen LogP) is 4.30. The second kappa shape index (κ2) is 5.70. The molecule has 1 aromatic rings. The highest BCUT2D eigenvalue weighted by molar-refractivity contribution is 9.10. The summed E-state index contributed by atoms with van der Waals surface area (Å²) in [5.74, 6) is 0.504. The SMILES string of the molecule is CC(C)CC1(Cc2cc(F)cc(Br)c2)CCCN1. The van der Waals surface area contributed by atoms with Gasteiger partial charge in [-0.1, -0.05) is 29.8 Å². The van der Waals surface area contributed by atoms with Crippen LogP contribution in [-0.4, -0.2) is 12.1 Å². The first-order chi connectivity index (χ1) is 8.49. The molecule has 1 aliphatic heterocycles. The normalized spacial score (nSPS) is 23.8. The summed E-state index contributed by atoms with van der Waals surface area (Å²) in [6, 6.07) is 5.21. The predicted molar refractivity (Wildman–Crippen MR) is 77.2 cm³/mol. The molecule has 2 rings (SSSR count). The molecule has 1 heterocycles. The first-order valence-corrected chi connectivity index (χ1v) is 7.48. The molecule has 1 saturated heterocycles. The maximum absolute atomic E-state index is 13.4. The lowest BCUT2D eigenvalue weighted by Crippen LogP contribution is -2.43. The van der Waals surface area contributed by atoms with Gasteiger partial charge >= 0.3 is 0 Å². The maximum Gasteiger partial charge on any atom is 0.124 e. The number of halogens is 2. The highest BCUT2D eigenvalue weighted by atomic mass is 79.9. The molecule has 0 saturated carbocycles. The second-order valence-electron chi connectivity index (χ2n) is 5.86. The van der Waals surface area contributed by atoms with Crippen molar-refractivity contribution in [2.45, 2.75) is 45.1 Å². The highest BCUT2D eigenvalue weighted by Gasteiger charge is 2.34. The molecule has 0 aliphatic carbocycles. The summed E-state index contributed by atoms with van der Waals surface area (Å²) in [4.78, 5) is 0. The Balaban J connectivity index is 2.18. The van der Waals surface area contributed by atoms with E-state index < -0.39 is 0 Å². The van der Waals surface area contributed by atoms with E-state index in [1.807, 2.05) is 6.07 Å². The van der Waals surface area contributed by atoms with Crippen molar-refractivity contribution in [2.24, 2.45) is 5.92 Å². The van der Waals surface area contributed by atoms with Gasteiger partial charge in [-0.3, -0.25) is 0 Å². The fourth-order valence-electron chi connectivity index (χ4n) is 3.15. The zero-order valence-corrected chi connectivity index (χ0v) is 12.7. The molecule has 1 atom stereocenters. The minimum atomic E-state index is -0.155. The Morgan fingerprint density at radius 3 is 2.72 bits per heavy atom. The molecule has 3 heteroatoms. The Morgan fingerprint density at radius 2 is 2.17 bits per heavy atom. The van der Waals surface area contributed by atoms with Crippen LogP contribution in [0.2, 0.25) is 0 Å². The third kappa shape index (κ3) is 3.55. The van der Waals surface area contributed by atoms with Crippen LogP contribution in [0.4, 0.5) is 4.39 Å². The molecule has 0 amide bonds. The van der Waals surface area contributed by atoms with E-state index in [-0.39, 0.29) is 11.4 Å². The lowest BCUT2D eigenvalue weighted by atomic mass is 9.82. The molecule has 1 nitrogen and oxygen atoms in total. The van der Waals surface area contributed by atoms with Gasteiger partial charge in [0.2, 0.25) is 0 Å². The molecule has 18 heavy (non-hydrogen) atoms. The fourth-order valence-corrected chi connectivity index (χ4v) is 3.66. The third-order valence-corrected chi connectivity index (χ3v) is 4.05. The van der Waals surface area contributed by atoms with Gasteiger partial charge in [-0.15, -0.1) is 0 Å². The van der Waals surface area contributed by atoms with Crippen LogP contribution >= 0.6 is 15.9 Å². The van der Waals surface area contributed by atoms with Crippen molar-refractivity contribution < 1.29 is 4.39 Å². The summed E-state index contributed by atoms with van der Waals surface area (Å²) in [5, 5.41) is 3.65. The number of benzene rings is 1. The molecule has 1 N–H and O–H groups in total. The molecular formula is C15H21BrFN. The van der Waals surface area contributed by atoms with Gasteiger partial charge in [0.05, 0.1) is 0 Å². The van der Waals surface area contributed by atoms with Crippen LogP contribution in [0.15, 0.2) is 22.7 Å². The lowest BCUT2D eigenvalue weighted by Gasteiger charge is -2.32. The Bertz CT molecular complexity index is 391. The van der Waals surface area contributed by atoms with Crippen molar-refractivity contribution >= 4 is 15.9 Å². The fraction of sp³-hybridized carbons (Fsp3) is 0.600. The minimum Gasteiger partial charge on any atom is -0.311 e. The van der Waals surface area contributed by atoms with Gasteiger partial charge in [0, 0.05) is 10.0 Å². The molecule has 0 spiro atoms. The molecule has 0 radical (unpaired) electrons. The van der Waals surface area contributed by atoms with Gasteiger partial charge in [0.25, 0.3) is 0 Å². The van der Waals surface area contributed by atoms with Gasteiger partial charge in [0.1, 0.15) is 5.82 Å². The average molecular weight is 314 g/mol. The lowest BCUT2D eigenvalue weighted by molar-refractivity contribution is 0.301. The van der Waals surface area contributed by atoms with E-state index in [1.54, 1.807) is 6.07 Å². The van der Waals surface area contributed by atoms with Crippen molar-refractivity contribution in [3.63, 3.8) is 0 Å². The van der Waals surface area contributed by atoms with Crippen LogP contribution in [0.25, 0.3) is 0 Å². The van der Waals surface area contributed by atoms with E-state index >= 15 is 0 Å². The number of rotatable bonds is 4. The smallest absolute Gasteiger partial charge is 0.124 e. The minimum absolute atomic E-state index is 0.155. The van der Waals surface area contributed by atoms with Crippen LogP contribution < -0.4 is 5.32 Å². The summed E-state index contributed by atoms with van der Waals surface area (Å²) in [6.45, 7) is 5.59. The van der Waals surface area contributed by atoms with Crippen molar-refractivity contribution in [3.05, 3.63) is 34.1 Å². The van der Waals surface area contributed by atoms with Crippen molar-refractivity contribution in [1.29, 1.82) is 0 Å².